The Morgan fingerprint density at radius 3 is 2.08 bits per heavy atom. The summed E-state index contributed by atoms with van der Waals surface area (Å²) in [6.07, 6.45) is -4.59. The smallest absolute Gasteiger partial charge is 0.268 e. The molecule has 0 bridgehead atoms. The van der Waals surface area contributed by atoms with Gasteiger partial charge in [0.2, 0.25) is 0 Å². The summed E-state index contributed by atoms with van der Waals surface area (Å²) in [7, 11) is -4.36. The van der Waals surface area contributed by atoms with Crippen molar-refractivity contribution in [3.05, 3.63) is 63.6 Å². The fourth-order valence-electron chi connectivity index (χ4n) is 1.73. The van der Waals surface area contributed by atoms with Crippen molar-refractivity contribution in [2.45, 2.75) is 11.1 Å². The van der Waals surface area contributed by atoms with Crippen LogP contribution in [0.2, 0.25) is 10.0 Å². The molecule has 0 unspecified atom stereocenters. The molecule has 24 heavy (non-hydrogen) atoms. The number of hydrogen-bond acceptors (Lipinski definition) is 3. The molecule has 0 saturated carbocycles. The lowest BCUT2D eigenvalue weighted by Crippen LogP contribution is -2.30. The molecule has 0 heterocycles. The van der Waals surface area contributed by atoms with E-state index in [0.29, 0.717) is 12.1 Å². The number of carbonyl (C=O) groups is 1. The van der Waals surface area contributed by atoms with Gasteiger partial charge < -0.3 is 0 Å². The Labute approximate surface area is 145 Å². The number of halogens is 5. The fourth-order valence-corrected chi connectivity index (χ4v) is 3.19. The molecule has 0 aliphatic carbocycles. The zero-order valence-electron chi connectivity index (χ0n) is 11.6. The van der Waals surface area contributed by atoms with Crippen molar-refractivity contribution >= 4 is 39.1 Å². The molecule has 2 aromatic rings. The van der Waals surface area contributed by atoms with Crippen LogP contribution in [0, 0.1) is 0 Å². The molecule has 0 fully saturated rings. The van der Waals surface area contributed by atoms with Crippen molar-refractivity contribution in [3.8, 4) is 0 Å². The Kier molecular flexibility index (Phi) is 5.12. The highest BCUT2D eigenvalue weighted by Crippen LogP contribution is 2.29. The van der Waals surface area contributed by atoms with Crippen molar-refractivity contribution in [1.82, 2.24) is 4.72 Å². The van der Waals surface area contributed by atoms with Crippen LogP contribution in [-0.2, 0) is 16.2 Å². The summed E-state index contributed by atoms with van der Waals surface area (Å²) < 4.78 is 63.3. The third-order valence-corrected chi connectivity index (χ3v) is 4.79. The monoisotopic (exact) mass is 397 g/mol. The van der Waals surface area contributed by atoms with Gasteiger partial charge in [0.15, 0.2) is 0 Å². The highest BCUT2D eigenvalue weighted by molar-refractivity contribution is 7.90. The maximum Gasteiger partial charge on any atom is 0.416 e. The number of rotatable bonds is 3. The number of hydrogen-bond donors (Lipinski definition) is 1. The highest BCUT2D eigenvalue weighted by atomic mass is 35.5. The summed E-state index contributed by atoms with van der Waals surface area (Å²) in [5.74, 6) is -1.03. The molecule has 1 N–H and O–H groups in total. The van der Waals surface area contributed by atoms with Crippen molar-refractivity contribution in [1.29, 1.82) is 0 Å². The molecule has 10 heteroatoms. The first-order chi connectivity index (χ1) is 11.0. The van der Waals surface area contributed by atoms with Gasteiger partial charge in [-0.25, -0.2) is 13.1 Å². The first kappa shape index (κ1) is 18.6. The van der Waals surface area contributed by atoms with Crippen LogP contribution in [0.4, 0.5) is 13.2 Å². The van der Waals surface area contributed by atoms with Gasteiger partial charge in [-0.3, -0.25) is 4.79 Å². The van der Waals surface area contributed by atoms with Crippen molar-refractivity contribution in [2.24, 2.45) is 0 Å². The van der Waals surface area contributed by atoms with Crippen LogP contribution in [0.25, 0.3) is 0 Å². The summed E-state index contributed by atoms with van der Waals surface area (Å²) in [5, 5.41) is 0.185. The third-order valence-electron chi connectivity index (χ3n) is 2.89. The Bertz CT molecular complexity index is 881. The lowest BCUT2D eigenvalue weighted by Gasteiger charge is -2.10. The molecule has 0 radical (unpaired) electrons. The van der Waals surface area contributed by atoms with Gasteiger partial charge in [-0.2, -0.15) is 13.2 Å². The molecular formula is C14H8Cl2F3NO3S. The largest absolute Gasteiger partial charge is 0.416 e. The van der Waals surface area contributed by atoms with Gasteiger partial charge in [0.1, 0.15) is 0 Å². The van der Waals surface area contributed by atoms with E-state index in [1.165, 1.54) is 18.2 Å². The lowest BCUT2D eigenvalue weighted by molar-refractivity contribution is -0.137. The number of nitrogens with one attached hydrogen (secondary N) is 1. The molecule has 0 saturated heterocycles. The summed E-state index contributed by atoms with van der Waals surface area (Å²) in [4.78, 5) is 11.5. The minimum absolute atomic E-state index is 0.0670. The van der Waals surface area contributed by atoms with Crippen LogP contribution in [0.3, 0.4) is 0 Å². The van der Waals surface area contributed by atoms with Crippen LogP contribution < -0.4 is 4.72 Å². The molecule has 1 amide bonds. The third kappa shape index (κ3) is 4.19. The van der Waals surface area contributed by atoms with E-state index in [1.807, 2.05) is 0 Å². The molecule has 0 aliphatic heterocycles. The van der Waals surface area contributed by atoms with E-state index < -0.39 is 32.6 Å². The number of amides is 1. The average molecular weight is 398 g/mol. The Morgan fingerprint density at radius 1 is 1.00 bits per heavy atom. The highest BCUT2D eigenvalue weighted by Gasteiger charge is 2.31. The van der Waals surface area contributed by atoms with Gasteiger partial charge >= 0.3 is 6.18 Å². The second kappa shape index (κ2) is 6.62. The van der Waals surface area contributed by atoms with Gasteiger partial charge in [0, 0.05) is 5.02 Å². The van der Waals surface area contributed by atoms with Crippen LogP contribution in [-0.4, -0.2) is 14.3 Å². The van der Waals surface area contributed by atoms with Crippen molar-refractivity contribution < 1.29 is 26.4 Å². The number of benzene rings is 2. The average Bonchev–Trinajstić information content (AvgIpc) is 2.45. The molecule has 0 aromatic heterocycles. The maximum absolute atomic E-state index is 12.5. The molecule has 2 aromatic carbocycles. The van der Waals surface area contributed by atoms with Crippen LogP contribution in [0.1, 0.15) is 15.9 Å². The van der Waals surface area contributed by atoms with Crippen LogP contribution >= 0.6 is 23.2 Å². The van der Waals surface area contributed by atoms with E-state index in [1.54, 1.807) is 4.72 Å². The minimum atomic E-state index is -4.59. The van der Waals surface area contributed by atoms with Gasteiger partial charge in [-0.05, 0) is 42.5 Å². The van der Waals surface area contributed by atoms with E-state index in [-0.39, 0.29) is 15.6 Å². The van der Waals surface area contributed by atoms with Gasteiger partial charge in [-0.1, -0.05) is 23.2 Å². The van der Waals surface area contributed by atoms with E-state index in [9.17, 15) is 26.4 Å². The van der Waals surface area contributed by atoms with Crippen LogP contribution in [0.15, 0.2) is 47.4 Å². The van der Waals surface area contributed by atoms with E-state index in [2.05, 4.69) is 0 Å². The van der Waals surface area contributed by atoms with Crippen LogP contribution in [0.5, 0.6) is 0 Å². The molecule has 0 atom stereocenters. The number of sulfonamides is 1. The summed E-state index contributed by atoms with van der Waals surface area (Å²) in [6.45, 7) is 0. The maximum atomic E-state index is 12.5. The first-order valence-electron chi connectivity index (χ1n) is 6.20. The minimum Gasteiger partial charge on any atom is -0.268 e. The van der Waals surface area contributed by atoms with E-state index in [4.69, 9.17) is 23.2 Å². The standard InChI is InChI=1S/C14H8Cl2F3NO3S/c15-9-3-6-11(12(16)7-9)13(21)20-24(22,23)10-4-1-8(2-5-10)14(17,18)19/h1-7H,(H,20,21). The lowest BCUT2D eigenvalue weighted by atomic mass is 10.2. The number of carbonyl (C=O) groups excluding carboxylic acids is 1. The van der Waals surface area contributed by atoms with Gasteiger partial charge in [0.05, 0.1) is 21.0 Å². The molecule has 0 aliphatic rings. The molecule has 4 nitrogen and oxygen atoms in total. The summed E-state index contributed by atoms with van der Waals surface area (Å²) >= 11 is 11.5. The molecule has 128 valence electrons. The normalized spacial score (nSPS) is 12.0. The Hall–Kier alpha value is -1.77. The summed E-state index contributed by atoms with van der Waals surface area (Å²) in [5.41, 5.74) is -1.15. The second-order valence-corrected chi connectivity index (χ2v) is 7.11. The van der Waals surface area contributed by atoms with Gasteiger partial charge in [-0.15, -0.1) is 0 Å². The number of alkyl halides is 3. The SMILES string of the molecule is O=C(NS(=O)(=O)c1ccc(C(F)(F)F)cc1)c1ccc(Cl)cc1Cl. The molecular weight excluding hydrogens is 390 g/mol. The zero-order chi connectivity index (χ0) is 18.1. The predicted molar refractivity (Wildman–Crippen MR) is 82.6 cm³/mol. The first-order valence-corrected chi connectivity index (χ1v) is 8.44. The quantitative estimate of drug-likeness (QED) is 0.846. The second-order valence-electron chi connectivity index (χ2n) is 4.58. The zero-order valence-corrected chi connectivity index (χ0v) is 13.9. The van der Waals surface area contributed by atoms with E-state index in [0.717, 1.165) is 12.1 Å². The van der Waals surface area contributed by atoms with Crippen molar-refractivity contribution in [3.63, 3.8) is 0 Å². The topological polar surface area (TPSA) is 63.2 Å². The summed E-state index contributed by atoms with van der Waals surface area (Å²) in [6, 6.07) is 6.53. The van der Waals surface area contributed by atoms with Crippen molar-refractivity contribution in [2.75, 3.05) is 0 Å². The molecule has 0 spiro atoms. The predicted octanol–water partition coefficient (Wildman–Crippen LogP) is 4.13. The molecule has 2 rings (SSSR count). The fraction of sp³-hybridized carbons (Fsp3) is 0.0714. The Morgan fingerprint density at radius 2 is 1.58 bits per heavy atom. The van der Waals surface area contributed by atoms with Gasteiger partial charge in [0.25, 0.3) is 15.9 Å². The van der Waals surface area contributed by atoms with E-state index >= 15 is 0 Å². The Balaban J connectivity index is 2.26.